The maximum absolute atomic E-state index is 13.8. The molecule has 4 atom stereocenters. The molecule has 0 unspecified atom stereocenters. The van der Waals surface area contributed by atoms with Crippen LogP contribution in [0, 0.1) is 11.8 Å². The summed E-state index contributed by atoms with van der Waals surface area (Å²) in [5.41, 5.74) is 0.509. The van der Waals surface area contributed by atoms with Crippen LogP contribution >= 0.6 is 0 Å². The molecular weight excluding hydrogens is 498 g/mol. The van der Waals surface area contributed by atoms with Crippen LogP contribution in [0.4, 0.5) is 5.69 Å². The number of benzene rings is 1. The first-order valence-corrected chi connectivity index (χ1v) is 11.8. The quantitative estimate of drug-likeness (QED) is 0.217. The number of nitrogens with zero attached hydrogens (tertiary/aromatic N) is 1. The standard InChI is InChI=1S/C26H25N3O9/c1-28-17-15(21(33)22(17)34)9-4-5-12(30)14-10(9)6-8-7-11-18(29(2)3)20(32)16(25(27)37)24(36)26(11,38)23(35)13(8)19(14)31/h4-5,8,11,18,28,30-31,36,38H,6-7H2,1-3H3,(H2,27,37)/t8-,11-,18-,26-/m0/s1. The van der Waals surface area contributed by atoms with Gasteiger partial charge in [-0.2, -0.15) is 0 Å². The highest BCUT2D eigenvalue weighted by Crippen LogP contribution is 2.53. The van der Waals surface area contributed by atoms with Gasteiger partial charge in [0.15, 0.2) is 11.4 Å². The van der Waals surface area contributed by atoms with Crippen molar-refractivity contribution in [3.05, 3.63) is 60.6 Å². The molecule has 12 nitrogen and oxygen atoms in total. The monoisotopic (exact) mass is 523 g/mol. The molecule has 0 bridgehead atoms. The van der Waals surface area contributed by atoms with E-state index in [1.807, 2.05) is 0 Å². The fourth-order valence-electron chi connectivity index (χ4n) is 6.37. The fourth-order valence-corrected chi connectivity index (χ4v) is 6.37. The van der Waals surface area contributed by atoms with E-state index in [2.05, 4.69) is 5.32 Å². The number of amides is 1. The number of carbonyl (C=O) groups is 3. The van der Waals surface area contributed by atoms with E-state index in [1.54, 1.807) is 0 Å². The number of rotatable bonds is 4. The maximum atomic E-state index is 13.8. The largest absolute Gasteiger partial charge is 0.508 e. The third-order valence-corrected chi connectivity index (χ3v) is 8.03. The molecule has 7 N–H and O–H groups in total. The third-order valence-electron chi connectivity index (χ3n) is 8.03. The van der Waals surface area contributed by atoms with Crippen LogP contribution in [0.25, 0.3) is 16.9 Å². The van der Waals surface area contributed by atoms with Crippen molar-refractivity contribution < 1.29 is 34.8 Å². The molecule has 3 aliphatic carbocycles. The van der Waals surface area contributed by atoms with Crippen molar-refractivity contribution in [2.24, 2.45) is 17.6 Å². The Kier molecular flexibility index (Phi) is 5.41. The number of aromatic hydroxyl groups is 1. The Morgan fingerprint density at radius 1 is 1.08 bits per heavy atom. The Balaban J connectivity index is 1.76. The summed E-state index contributed by atoms with van der Waals surface area (Å²) < 4.78 is 0. The van der Waals surface area contributed by atoms with Crippen molar-refractivity contribution in [2.75, 3.05) is 26.5 Å². The van der Waals surface area contributed by atoms with Crippen molar-refractivity contribution in [1.29, 1.82) is 0 Å². The summed E-state index contributed by atoms with van der Waals surface area (Å²) >= 11 is 0. The van der Waals surface area contributed by atoms with Gasteiger partial charge in [-0.1, -0.05) is 6.07 Å². The molecule has 198 valence electrons. The number of aliphatic hydroxyl groups excluding tert-OH is 2. The van der Waals surface area contributed by atoms with Crippen molar-refractivity contribution in [3.8, 4) is 16.9 Å². The summed E-state index contributed by atoms with van der Waals surface area (Å²) in [4.78, 5) is 64.9. The van der Waals surface area contributed by atoms with Gasteiger partial charge < -0.3 is 31.5 Å². The van der Waals surface area contributed by atoms with Gasteiger partial charge in [-0.25, -0.2) is 0 Å². The number of hydrogen-bond donors (Lipinski definition) is 6. The lowest BCUT2D eigenvalue weighted by Gasteiger charge is -2.50. The number of nitrogens with two attached hydrogens (primary N) is 1. The number of nitrogens with one attached hydrogen (secondary N) is 1. The Labute approximate surface area is 215 Å². The number of fused-ring (bicyclic) bond motifs is 3. The first kappa shape index (κ1) is 25.4. The number of phenolic OH excluding ortho intramolecular Hbond substituents is 1. The molecule has 1 amide bonds. The molecular formula is C26H25N3O9. The first-order chi connectivity index (χ1) is 17.8. The van der Waals surface area contributed by atoms with E-state index in [9.17, 15) is 44.4 Å². The number of primary amides is 1. The third kappa shape index (κ3) is 2.95. The van der Waals surface area contributed by atoms with E-state index in [1.165, 1.54) is 38.2 Å². The van der Waals surface area contributed by atoms with Crippen molar-refractivity contribution in [2.45, 2.75) is 24.5 Å². The molecule has 0 heterocycles. The van der Waals surface area contributed by atoms with E-state index >= 15 is 0 Å². The highest BCUT2D eigenvalue weighted by atomic mass is 16.3. The van der Waals surface area contributed by atoms with Gasteiger partial charge in [0, 0.05) is 18.5 Å². The van der Waals surface area contributed by atoms with E-state index in [0.717, 1.165) is 0 Å². The molecule has 0 aliphatic heterocycles. The normalized spacial score (nSPS) is 26.9. The number of likely N-dealkylation sites (N-methyl/N-ethyl adjacent to an activating group) is 1. The Morgan fingerprint density at radius 3 is 2.32 bits per heavy atom. The summed E-state index contributed by atoms with van der Waals surface area (Å²) in [5, 5.41) is 47.1. The predicted octanol–water partition coefficient (Wildman–Crippen LogP) is -0.731. The molecule has 2 aromatic carbocycles. The van der Waals surface area contributed by atoms with Gasteiger partial charge in [-0.15, -0.1) is 0 Å². The van der Waals surface area contributed by atoms with Crippen LogP contribution in [0.1, 0.15) is 17.5 Å². The molecule has 5 rings (SSSR count). The van der Waals surface area contributed by atoms with Gasteiger partial charge in [0.25, 0.3) is 5.91 Å². The van der Waals surface area contributed by atoms with Crippen LogP contribution in [0.15, 0.2) is 38.6 Å². The lowest BCUT2D eigenvalue weighted by atomic mass is 9.57. The summed E-state index contributed by atoms with van der Waals surface area (Å²) in [6, 6.07) is 1.43. The van der Waals surface area contributed by atoms with Crippen molar-refractivity contribution in [3.63, 3.8) is 0 Å². The first-order valence-electron chi connectivity index (χ1n) is 11.8. The average Bonchev–Trinajstić information content (AvgIpc) is 2.84. The minimum Gasteiger partial charge on any atom is -0.508 e. The second kappa shape index (κ2) is 8.10. The summed E-state index contributed by atoms with van der Waals surface area (Å²) in [5.74, 6) is -7.59. The Morgan fingerprint density at radius 2 is 1.74 bits per heavy atom. The molecule has 0 saturated heterocycles. The SMILES string of the molecule is CNc1c(-c2ccc(O)c3c2C[C@H]2C[C@H]4[C@H](N(C)C)C(=O)C(C(N)=O)=C(O)[C@@]4(O)C(=O)C2=C3O)c(=O)c1=O. The molecule has 0 spiro atoms. The highest BCUT2D eigenvalue weighted by molar-refractivity contribution is 6.24. The minimum atomic E-state index is -2.74. The zero-order chi connectivity index (χ0) is 28.0. The molecule has 0 radical (unpaired) electrons. The van der Waals surface area contributed by atoms with Crippen LogP contribution in [0.2, 0.25) is 0 Å². The van der Waals surface area contributed by atoms with Gasteiger partial charge >= 0.3 is 0 Å². The van der Waals surface area contributed by atoms with Gasteiger partial charge in [-0.05, 0) is 50.0 Å². The second-order valence-corrected chi connectivity index (χ2v) is 10.1. The predicted molar refractivity (Wildman–Crippen MR) is 134 cm³/mol. The lowest BCUT2D eigenvalue weighted by Crippen LogP contribution is -2.65. The van der Waals surface area contributed by atoms with E-state index in [0.29, 0.717) is 5.56 Å². The summed E-state index contributed by atoms with van der Waals surface area (Å²) in [6.07, 6.45) is -0.0914. The number of ketones is 2. The van der Waals surface area contributed by atoms with Crippen LogP contribution < -0.4 is 21.9 Å². The molecule has 1 saturated carbocycles. The molecule has 12 heteroatoms. The second-order valence-electron chi connectivity index (χ2n) is 10.1. The topological polar surface area (TPSA) is 208 Å². The molecule has 38 heavy (non-hydrogen) atoms. The van der Waals surface area contributed by atoms with Gasteiger partial charge in [-0.3, -0.25) is 28.9 Å². The minimum absolute atomic E-state index is 0.000235. The number of hydrogen-bond acceptors (Lipinski definition) is 11. The molecule has 2 aromatic rings. The number of Topliss-reactive ketones (excluding diaryl/α,β-unsaturated/α-hetero) is 2. The Bertz CT molecular complexity index is 1610. The van der Waals surface area contributed by atoms with Gasteiger partial charge in [0.2, 0.25) is 16.6 Å². The number of anilines is 1. The zero-order valence-corrected chi connectivity index (χ0v) is 20.7. The van der Waals surface area contributed by atoms with E-state index in [-0.39, 0.29) is 40.8 Å². The molecule has 1 fully saturated rings. The summed E-state index contributed by atoms with van der Waals surface area (Å²) in [6.45, 7) is 0. The lowest BCUT2D eigenvalue weighted by molar-refractivity contribution is -0.153. The van der Waals surface area contributed by atoms with Crippen molar-refractivity contribution in [1.82, 2.24) is 4.90 Å². The molecule has 0 aromatic heterocycles. The van der Waals surface area contributed by atoms with Crippen LogP contribution in [-0.4, -0.2) is 75.6 Å². The fraction of sp³-hybridized carbons (Fsp3) is 0.346. The van der Waals surface area contributed by atoms with Gasteiger partial charge in [0.05, 0.1) is 22.9 Å². The highest BCUT2D eigenvalue weighted by Gasteiger charge is 2.64. The zero-order valence-electron chi connectivity index (χ0n) is 20.7. The average molecular weight is 523 g/mol. The van der Waals surface area contributed by atoms with Crippen LogP contribution in [0.3, 0.4) is 0 Å². The van der Waals surface area contributed by atoms with E-state index < -0.39 is 74.7 Å². The van der Waals surface area contributed by atoms with Crippen molar-refractivity contribution >= 4 is 28.9 Å². The van der Waals surface area contributed by atoms with Crippen LogP contribution in [-0.2, 0) is 20.8 Å². The molecule has 3 aliphatic rings. The maximum Gasteiger partial charge on any atom is 0.255 e. The Hall–Kier alpha value is -4.29. The van der Waals surface area contributed by atoms with Gasteiger partial charge in [0.1, 0.15) is 22.8 Å². The smallest absolute Gasteiger partial charge is 0.255 e. The van der Waals surface area contributed by atoms with Crippen LogP contribution in [0.5, 0.6) is 5.75 Å². The number of carbonyl (C=O) groups excluding carboxylic acids is 3. The number of aliphatic hydroxyl groups is 3. The van der Waals surface area contributed by atoms with E-state index in [4.69, 9.17) is 5.73 Å². The summed E-state index contributed by atoms with van der Waals surface area (Å²) in [7, 11) is 4.49. The number of phenols is 1.